The summed E-state index contributed by atoms with van der Waals surface area (Å²) >= 11 is 0. The first kappa shape index (κ1) is 21.5. The summed E-state index contributed by atoms with van der Waals surface area (Å²) < 4.78 is 22.2. The summed E-state index contributed by atoms with van der Waals surface area (Å²) in [6, 6.07) is 0. The molecule has 2 aliphatic carbocycles. The van der Waals surface area contributed by atoms with E-state index in [2.05, 4.69) is 20.4 Å². The molecule has 5 heteroatoms. The minimum absolute atomic E-state index is 0.0239. The molecule has 0 aromatic rings. The van der Waals surface area contributed by atoms with Crippen LogP contribution in [0.1, 0.15) is 46.0 Å². The minimum Gasteiger partial charge on any atom is -0.459 e. The van der Waals surface area contributed by atoms with Gasteiger partial charge in [-0.25, -0.2) is 4.79 Å². The Hall–Kier alpha value is -1.17. The molecule has 0 bridgehead atoms. The fourth-order valence-electron chi connectivity index (χ4n) is 6.41. The lowest BCUT2D eigenvalue weighted by molar-refractivity contribution is -0.166. The van der Waals surface area contributed by atoms with Crippen molar-refractivity contribution in [3.05, 3.63) is 23.8 Å². The molecule has 3 fully saturated rings. The second-order valence-electron chi connectivity index (χ2n) is 9.23. The van der Waals surface area contributed by atoms with Gasteiger partial charge in [-0.2, -0.15) is 0 Å². The lowest BCUT2D eigenvalue weighted by Crippen LogP contribution is -2.58. The number of hydrogen-bond acceptors (Lipinski definition) is 5. The standard InChI is InChI=1S/C23H36O5/c1-15-7-10-19-22(2,12-11-20(27-6)23(19,3)14-25-4)17(15)9-8-16-18(26-5)13-28-21(16)24/h8,17-20H,1,7,9-14H2,2-6H3/b16-8-. The number of ether oxygens (including phenoxy) is 4. The summed E-state index contributed by atoms with van der Waals surface area (Å²) in [6.07, 6.45) is 7.05. The summed E-state index contributed by atoms with van der Waals surface area (Å²) in [5.41, 5.74) is 2.04. The molecule has 158 valence electrons. The third kappa shape index (κ3) is 3.46. The van der Waals surface area contributed by atoms with Crippen molar-refractivity contribution in [2.24, 2.45) is 22.7 Å². The van der Waals surface area contributed by atoms with E-state index >= 15 is 0 Å². The molecule has 1 saturated heterocycles. The molecule has 6 atom stereocenters. The average molecular weight is 393 g/mol. The normalized spacial score (nSPS) is 42.5. The van der Waals surface area contributed by atoms with Crippen LogP contribution in [0.4, 0.5) is 0 Å². The molecule has 1 heterocycles. The van der Waals surface area contributed by atoms with E-state index in [0.717, 1.165) is 32.1 Å². The molecule has 0 spiro atoms. The number of methoxy groups -OCH3 is 3. The Kier molecular flexibility index (Phi) is 6.38. The number of esters is 1. The molecule has 0 radical (unpaired) electrons. The molecule has 6 unspecified atom stereocenters. The number of carbonyl (C=O) groups is 1. The Labute approximate surface area is 169 Å². The van der Waals surface area contributed by atoms with Gasteiger partial charge in [0.15, 0.2) is 0 Å². The van der Waals surface area contributed by atoms with Gasteiger partial charge in [-0.1, -0.05) is 32.1 Å². The van der Waals surface area contributed by atoms with Crippen molar-refractivity contribution in [1.82, 2.24) is 0 Å². The first-order valence-corrected chi connectivity index (χ1v) is 10.4. The van der Waals surface area contributed by atoms with E-state index in [1.807, 2.05) is 13.2 Å². The summed E-state index contributed by atoms with van der Waals surface area (Å²) in [6.45, 7) is 10.2. The van der Waals surface area contributed by atoms with Gasteiger partial charge in [-0.15, -0.1) is 0 Å². The van der Waals surface area contributed by atoms with Gasteiger partial charge < -0.3 is 18.9 Å². The zero-order valence-corrected chi connectivity index (χ0v) is 18.1. The number of rotatable bonds is 6. The van der Waals surface area contributed by atoms with Gasteiger partial charge in [-0.3, -0.25) is 0 Å². The average Bonchev–Trinajstić information content (AvgIpc) is 3.01. The molecule has 3 aliphatic rings. The Balaban J connectivity index is 1.90. The molecule has 0 aromatic heterocycles. The third-order valence-electron chi connectivity index (χ3n) is 7.86. The van der Waals surface area contributed by atoms with Crippen LogP contribution < -0.4 is 0 Å². The van der Waals surface area contributed by atoms with Crippen LogP contribution in [-0.4, -0.2) is 52.7 Å². The van der Waals surface area contributed by atoms with E-state index < -0.39 is 0 Å². The van der Waals surface area contributed by atoms with Crippen molar-refractivity contribution < 1.29 is 23.7 Å². The van der Waals surface area contributed by atoms with Gasteiger partial charge in [0.2, 0.25) is 0 Å². The van der Waals surface area contributed by atoms with Crippen molar-refractivity contribution in [2.75, 3.05) is 34.5 Å². The maximum atomic E-state index is 12.1. The SMILES string of the molecule is C=C1CCC2C(C)(COC)C(OC)CCC2(C)C1C/C=C1\C(=O)OCC1OC. The highest BCUT2D eigenvalue weighted by atomic mass is 16.6. The first-order chi connectivity index (χ1) is 13.3. The highest BCUT2D eigenvalue weighted by Crippen LogP contribution is 2.62. The van der Waals surface area contributed by atoms with E-state index in [0.29, 0.717) is 30.6 Å². The van der Waals surface area contributed by atoms with Gasteiger partial charge >= 0.3 is 5.97 Å². The predicted octanol–water partition coefficient (Wildman–Crippen LogP) is 3.92. The zero-order chi connectivity index (χ0) is 20.5. The van der Waals surface area contributed by atoms with Crippen LogP contribution in [0.15, 0.2) is 23.8 Å². The largest absolute Gasteiger partial charge is 0.459 e. The maximum Gasteiger partial charge on any atom is 0.336 e. The smallest absolute Gasteiger partial charge is 0.336 e. The minimum atomic E-state index is -0.254. The van der Waals surface area contributed by atoms with Gasteiger partial charge in [0.25, 0.3) is 0 Å². The monoisotopic (exact) mass is 392 g/mol. The van der Waals surface area contributed by atoms with Gasteiger partial charge in [0, 0.05) is 26.7 Å². The van der Waals surface area contributed by atoms with Gasteiger partial charge in [0.1, 0.15) is 12.7 Å². The molecule has 1 aliphatic heterocycles. The van der Waals surface area contributed by atoms with Crippen molar-refractivity contribution in [3.8, 4) is 0 Å². The van der Waals surface area contributed by atoms with E-state index in [-0.39, 0.29) is 29.0 Å². The van der Waals surface area contributed by atoms with E-state index in [9.17, 15) is 4.79 Å². The fraction of sp³-hybridized carbons (Fsp3) is 0.783. The lowest BCUT2D eigenvalue weighted by Gasteiger charge is -2.60. The summed E-state index contributed by atoms with van der Waals surface area (Å²) in [7, 11) is 5.23. The number of allylic oxidation sites excluding steroid dienone is 2. The number of fused-ring (bicyclic) bond motifs is 1. The fourth-order valence-corrected chi connectivity index (χ4v) is 6.41. The Bertz CT molecular complexity index is 641. The quantitative estimate of drug-likeness (QED) is 0.389. The molecule has 0 N–H and O–H groups in total. The topological polar surface area (TPSA) is 54.0 Å². The second kappa shape index (κ2) is 8.29. The zero-order valence-electron chi connectivity index (χ0n) is 18.1. The predicted molar refractivity (Wildman–Crippen MR) is 108 cm³/mol. The Morgan fingerprint density at radius 3 is 2.61 bits per heavy atom. The number of cyclic esters (lactones) is 1. The molecular formula is C23H36O5. The van der Waals surface area contributed by atoms with Crippen LogP contribution in [0.5, 0.6) is 0 Å². The lowest BCUT2D eigenvalue weighted by atomic mass is 9.46. The van der Waals surface area contributed by atoms with Gasteiger partial charge in [0.05, 0.1) is 18.3 Å². The van der Waals surface area contributed by atoms with Crippen LogP contribution >= 0.6 is 0 Å². The summed E-state index contributed by atoms with van der Waals surface area (Å²) in [4.78, 5) is 12.1. The van der Waals surface area contributed by atoms with Crippen LogP contribution in [0.2, 0.25) is 0 Å². The first-order valence-electron chi connectivity index (χ1n) is 10.4. The van der Waals surface area contributed by atoms with Gasteiger partial charge in [-0.05, 0) is 49.4 Å². The number of carbonyl (C=O) groups excluding carboxylic acids is 1. The molecule has 3 rings (SSSR count). The van der Waals surface area contributed by atoms with Crippen LogP contribution in [0.3, 0.4) is 0 Å². The van der Waals surface area contributed by atoms with Crippen molar-refractivity contribution in [2.45, 2.75) is 58.2 Å². The summed E-state index contributed by atoms with van der Waals surface area (Å²) in [5.74, 6) is 0.572. The van der Waals surface area contributed by atoms with Crippen LogP contribution in [0, 0.1) is 22.7 Å². The van der Waals surface area contributed by atoms with E-state index in [4.69, 9.17) is 18.9 Å². The molecule has 28 heavy (non-hydrogen) atoms. The highest BCUT2D eigenvalue weighted by Gasteiger charge is 2.58. The Morgan fingerprint density at radius 1 is 1.21 bits per heavy atom. The Morgan fingerprint density at radius 2 is 1.96 bits per heavy atom. The van der Waals surface area contributed by atoms with Crippen molar-refractivity contribution in [3.63, 3.8) is 0 Å². The summed E-state index contributed by atoms with van der Waals surface area (Å²) in [5, 5.41) is 0. The molecule has 5 nitrogen and oxygen atoms in total. The van der Waals surface area contributed by atoms with Crippen LogP contribution in [-0.2, 0) is 23.7 Å². The van der Waals surface area contributed by atoms with Crippen molar-refractivity contribution >= 4 is 5.97 Å². The van der Waals surface area contributed by atoms with E-state index in [1.54, 1.807) is 14.2 Å². The molecule has 0 aromatic carbocycles. The number of hydrogen-bond donors (Lipinski definition) is 0. The van der Waals surface area contributed by atoms with Crippen LogP contribution in [0.25, 0.3) is 0 Å². The third-order valence-corrected chi connectivity index (χ3v) is 7.86. The molecule has 2 saturated carbocycles. The molecule has 0 amide bonds. The maximum absolute atomic E-state index is 12.1. The van der Waals surface area contributed by atoms with E-state index in [1.165, 1.54) is 5.57 Å². The molecular weight excluding hydrogens is 356 g/mol. The second-order valence-corrected chi connectivity index (χ2v) is 9.23. The van der Waals surface area contributed by atoms with Crippen molar-refractivity contribution in [1.29, 1.82) is 0 Å². The highest BCUT2D eigenvalue weighted by molar-refractivity contribution is 5.91.